The third-order valence-electron chi connectivity index (χ3n) is 5.53. The molecule has 1 N–H and O–H groups in total. The van der Waals surface area contributed by atoms with Gasteiger partial charge in [0.15, 0.2) is 0 Å². The SMILES string of the molecule is CCC(C(=O)N1CCC(NC(=O)c2ccccc2C(F)(F)F)CC1)c1ccccc1. The van der Waals surface area contributed by atoms with Crippen molar-refractivity contribution in [2.45, 2.75) is 44.3 Å². The maximum Gasteiger partial charge on any atom is 0.417 e. The zero-order chi connectivity index (χ0) is 21.7. The fraction of sp³-hybridized carbons (Fsp3) is 0.391. The van der Waals surface area contributed by atoms with Crippen LogP contribution in [0.5, 0.6) is 0 Å². The molecule has 1 aliphatic rings. The maximum absolute atomic E-state index is 13.2. The second-order valence-corrected chi connectivity index (χ2v) is 7.49. The first-order valence-corrected chi connectivity index (χ1v) is 10.1. The molecule has 1 heterocycles. The van der Waals surface area contributed by atoms with E-state index in [4.69, 9.17) is 0 Å². The van der Waals surface area contributed by atoms with E-state index in [1.165, 1.54) is 18.2 Å². The van der Waals surface area contributed by atoms with Gasteiger partial charge in [0.2, 0.25) is 5.91 Å². The molecule has 0 spiro atoms. The van der Waals surface area contributed by atoms with Gasteiger partial charge in [0.1, 0.15) is 0 Å². The lowest BCUT2D eigenvalue weighted by atomic mass is 9.93. The van der Waals surface area contributed by atoms with E-state index in [-0.39, 0.29) is 23.4 Å². The number of carbonyl (C=O) groups excluding carboxylic acids is 2. The van der Waals surface area contributed by atoms with Gasteiger partial charge in [-0.1, -0.05) is 49.4 Å². The molecule has 1 fully saturated rings. The van der Waals surface area contributed by atoms with Gasteiger partial charge in [-0.05, 0) is 37.0 Å². The van der Waals surface area contributed by atoms with Crippen LogP contribution in [-0.4, -0.2) is 35.8 Å². The van der Waals surface area contributed by atoms with Crippen molar-refractivity contribution in [2.75, 3.05) is 13.1 Å². The van der Waals surface area contributed by atoms with Crippen molar-refractivity contribution in [1.29, 1.82) is 0 Å². The van der Waals surface area contributed by atoms with Crippen LogP contribution in [0.2, 0.25) is 0 Å². The monoisotopic (exact) mass is 418 g/mol. The lowest BCUT2D eigenvalue weighted by molar-refractivity contribution is -0.138. The third kappa shape index (κ3) is 5.01. The number of hydrogen-bond donors (Lipinski definition) is 1. The molecular formula is C23H25F3N2O2. The first-order chi connectivity index (χ1) is 14.3. The molecule has 0 aromatic heterocycles. The molecule has 2 aromatic rings. The third-order valence-corrected chi connectivity index (χ3v) is 5.53. The zero-order valence-electron chi connectivity index (χ0n) is 16.8. The average Bonchev–Trinajstić information content (AvgIpc) is 2.75. The molecule has 160 valence electrons. The van der Waals surface area contributed by atoms with Gasteiger partial charge in [0, 0.05) is 19.1 Å². The van der Waals surface area contributed by atoms with Gasteiger partial charge in [-0.3, -0.25) is 9.59 Å². The van der Waals surface area contributed by atoms with Crippen molar-refractivity contribution in [3.8, 4) is 0 Å². The van der Waals surface area contributed by atoms with E-state index in [9.17, 15) is 22.8 Å². The number of rotatable bonds is 5. The Morgan fingerprint density at radius 1 is 1.03 bits per heavy atom. The summed E-state index contributed by atoms with van der Waals surface area (Å²) in [6.07, 6.45) is -2.88. The summed E-state index contributed by atoms with van der Waals surface area (Å²) < 4.78 is 39.5. The van der Waals surface area contributed by atoms with E-state index >= 15 is 0 Å². The van der Waals surface area contributed by atoms with Crippen LogP contribution in [0.15, 0.2) is 54.6 Å². The predicted octanol–water partition coefficient (Wildman–Crippen LogP) is 4.62. The molecule has 1 saturated heterocycles. The van der Waals surface area contributed by atoms with Gasteiger partial charge in [-0.25, -0.2) is 0 Å². The van der Waals surface area contributed by atoms with E-state index in [0.717, 1.165) is 11.6 Å². The topological polar surface area (TPSA) is 49.4 Å². The molecule has 1 aliphatic heterocycles. The summed E-state index contributed by atoms with van der Waals surface area (Å²) in [4.78, 5) is 27.2. The Morgan fingerprint density at radius 2 is 1.63 bits per heavy atom. The van der Waals surface area contributed by atoms with Gasteiger partial charge in [0.25, 0.3) is 5.91 Å². The van der Waals surface area contributed by atoms with Gasteiger partial charge in [0.05, 0.1) is 17.0 Å². The standard InChI is InChI=1S/C23H25F3N2O2/c1-2-18(16-8-4-3-5-9-16)22(30)28-14-12-17(13-15-28)27-21(29)19-10-6-7-11-20(19)23(24,25)26/h3-11,17-18H,2,12-15H2,1H3,(H,27,29). The van der Waals surface area contributed by atoms with Gasteiger partial charge >= 0.3 is 6.18 Å². The number of amides is 2. The molecule has 30 heavy (non-hydrogen) atoms. The summed E-state index contributed by atoms with van der Waals surface area (Å²) in [7, 11) is 0. The predicted molar refractivity (Wildman–Crippen MR) is 108 cm³/mol. The molecule has 0 radical (unpaired) electrons. The molecule has 4 nitrogen and oxygen atoms in total. The molecular weight excluding hydrogens is 393 g/mol. The second kappa shape index (κ2) is 9.32. The van der Waals surface area contributed by atoms with Crippen LogP contribution in [0.3, 0.4) is 0 Å². The van der Waals surface area contributed by atoms with E-state index in [1.54, 1.807) is 4.90 Å². The minimum Gasteiger partial charge on any atom is -0.349 e. The molecule has 0 aliphatic carbocycles. The molecule has 2 amide bonds. The normalized spacial score (nSPS) is 16.2. The summed E-state index contributed by atoms with van der Waals surface area (Å²) in [6, 6.07) is 14.1. The number of hydrogen-bond acceptors (Lipinski definition) is 2. The van der Waals surface area contributed by atoms with Gasteiger partial charge < -0.3 is 10.2 Å². The summed E-state index contributed by atoms with van der Waals surface area (Å²) in [5.41, 5.74) is -0.341. The van der Waals surface area contributed by atoms with Crippen LogP contribution >= 0.6 is 0 Å². The van der Waals surface area contributed by atoms with Crippen molar-refractivity contribution in [1.82, 2.24) is 10.2 Å². The van der Waals surface area contributed by atoms with Crippen LogP contribution < -0.4 is 5.32 Å². The summed E-state index contributed by atoms with van der Waals surface area (Å²) in [5.74, 6) is -0.893. The first-order valence-electron chi connectivity index (χ1n) is 10.1. The first kappa shape index (κ1) is 21.9. The molecule has 0 bridgehead atoms. The lowest BCUT2D eigenvalue weighted by Gasteiger charge is -2.34. The molecule has 3 rings (SSSR count). The second-order valence-electron chi connectivity index (χ2n) is 7.49. The number of nitrogens with zero attached hydrogens (tertiary/aromatic N) is 1. The highest BCUT2D eigenvalue weighted by Crippen LogP contribution is 2.32. The Labute approximate surface area is 174 Å². The average molecular weight is 418 g/mol. The Hall–Kier alpha value is -2.83. The van der Waals surface area contributed by atoms with Crippen LogP contribution in [-0.2, 0) is 11.0 Å². The van der Waals surface area contributed by atoms with Crippen molar-refractivity contribution in [3.63, 3.8) is 0 Å². The Bertz CT molecular complexity index is 876. The lowest BCUT2D eigenvalue weighted by Crippen LogP contribution is -2.47. The molecule has 2 aromatic carbocycles. The van der Waals surface area contributed by atoms with Crippen LogP contribution in [0, 0.1) is 0 Å². The van der Waals surface area contributed by atoms with Crippen LogP contribution in [0.1, 0.15) is 53.6 Å². The number of halogens is 3. The molecule has 1 unspecified atom stereocenters. The molecule has 0 saturated carbocycles. The number of carbonyl (C=O) groups is 2. The number of nitrogens with one attached hydrogen (secondary N) is 1. The van der Waals surface area contributed by atoms with Crippen molar-refractivity contribution < 1.29 is 22.8 Å². The van der Waals surface area contributed by atoms with Crippen LogP contribution in [0.25, 0.3) is 0 Å². The fourth-order valence-corrected chi connectivity index (χ4v) is 3.89. The van der Waals surface area contributed by atoms with E-state index in [1.807, 2.05) is 37.3 Å². The molecule has 7 heteroatoms. The Morgan fingerprint density at radius 3 is 2.23 bits per heavy atom. The largest absolute Gasteiger partial charge is 0.417 e. The van der Waals surface area contributed by atoms with Crippen LogP contribution in [0.4, 0.5) is 13.2 Å². The Balaban J connectivity index is 1.60. The number of piperidine rings is 1. The smallest absolute Gasteiger partial charge is 0.349 e. The van der Waals surface area contributed by atoms with Gasteiger partial charge in [-0.15, -0.1) is 0 Å². The summed E-state index contributed by atoms with van der Waals surface area (Å²) in [6.45, 7) is 2.91. The zero-order valence-corrected chi connectivity index (χ0v) is 16.8. The fourth-order valence-electron chi connectivity index (χ4n) is 3.89. The highest BCUT2D eigenvalue weighted by Gasteiger charge is 2.35. The number of benzene rings is 2. The summed E-state index contributed by atoms with van der Waals surface area (Å²) in [5, 5.41) is 2.71. The minimum atomic E-state index is -4.59. The number of alkyl halides is 3. The maximum atomic E-state index is 13.2. The van der Waals surface area contributed by atoms with Crippen molar-refractivity contribution in [3.05, 3.63) is 71.3 Å². The molecule has 1 atom stereocenters. The number of likely N-dealkylation sites (tertiary alicyclic amines) is 1. The minimum absolute atomic E-state index is 0.0518. The van der Waals surface area contributed by atoms with E-state index < -0.39 is 17.6 Å². The van der Waals surface area contributed by atoms with E-state index in [0.29, 0.717) is 32.4 Å². The van der Waals surface area contributed by atoms with Crippen molar-refractivity contribution >= 4 is 11.8 Å². The quantitative estimate of drug-likeness (QED) is 0.770. The highest BCUT2D eigenvalue weighted by molar-refractivity contribution is 5.96. The van der Waals surface area contributed by atoms with Gasteiger partial charge in [-0.2, -0.15) is 13.2 Å². The van der Waals surface area contributed by atoms with E-state index in [2.05, 4.69) is 5.32 Å². The van der Waals surface area contributed by atoms with Crippen molar-refractivity contribution in [2.24, 2.45) is 0 Å². The highest BCUT2D eigenvalue weighted by atomic mass is 19.4. The Kier molecular flexibility index (Phi) is 6.80. The summed E-state index contributed by atoms with van der Waals surface area (Å²) >= 11 is 0.